The van der Waals surface area contributed by atoms with E-state index in [4.69, 9.17) is 0 Å². The molecule has 0 unspecified atom stereocenters. The minimum Gasteiger partial charge on any atom is -0.468 e. The van der Waals surface area contributed by atoms with Gasteiger partial charge in [-0.25, -0.2) is 0 Å². The molecule has 0 bridgehead atoms. The maximum absolute atomic E-state index is 10.9. The van der Waals surface area contributed by atoms with Crippen LogP contribution in [0.15, 0.2) is 4.34 Å². The van der Waals surface area contributed by atoms with Gasteiger partial charge in [0.2, 0.25) is 0 Å². The highest BCUT2D eigenvalue weighted by Gasteiger charge is 2.08. The molecule has 4 nitrogen and oxygen atoms in total. The third-order valence-corrected chi connectivity index (χ3v) is 3.62. The Morgan fingerprint density at radius 1 is 1.53 bits per heavy atom. The summed E-state index contributed by atoms with van der Waals surface area (Å²) in [4.78, 5) is 10.9. The lowest BCUT2D eigenvalue weighted by Gasteiger charge is -1.97. The number of carbonyl (C=O) groups is 1. The average molecular weight is 246 g/mol. The molecule has 1 aromatic heterocycles. The van der Waals surface area contributed by atoms with E-state index in [2.05, 4.69) is 28.8 Å². The van der Waals surface area contributed by atoms with E-state index in [-0.39, 0.29) is 5.97 Å². The van der Waals surface area contributed by atoms with Crippen molar-refractivity contribution in [1.82, 2.24) is 10.2 Å². The Balaban J connectivity index is 2.42. The lowest BCUT2D eigenvalue weighted by atomic mass is 10.1. The third-order valence-electron chi connectivity index (χ3n) is 1.57. The number of methoxy groups -OCH3 is 1. The average Bonchev–Trinajstić information content (AvgIpc) is 2.61. The second-order valence-corrected chi connectivity index (χ2v) is 5.71. The van der Waals surface area contributed by atoms with Gasteiger partial charge in [-0.1, -0.05) is 36.9 Å². The predicted octanol–water partition coefficient (Wildman–Crippen LogP) is 2.00. The number of thioether (sulfide) groups is 1. The van der Waals surface area contributed by atoms with Crippen molar-refractivity contribution < 1.29 is 9.53 Å². The maximum atomic E-state index is 10.9. The standard InChI is InChI=1S/C9H14N2O2S2/c1-6(2)4-7-10-11-9(15-7)14-5-8(12)13-3/h6H,4-5H2,1-3H3. The summed E-state index contributed by atoms with van der Waals surface area (Å²) in [7, 11) is 1.38. The van der Waals surface area contributed by atoms with E-state index < -0.39 is 0 Å². The molecule has 0 saturated heterocycles. The van der Waals surface area contributed by atoms with Crippen molar-refractivity contribution >= 4 is 29.1 Å². The number of hydrogen-bond acceptors (Lipinski definition) is 6. The molecule has 15 heavy (non-hydrogen) atoms. The van der Waals surface area contributed by atoms with E-state index in [1.165, 1.54) is 18.9 Å². The number of hydrogen-bond donors (Lipinski definition) is 0. The van der Waals surface area contributed by atoms with Gasteiger partial charge in [0.15, 0.2) is 4.34 Å². The molecule has 1 heterocycles. The molecule has 0 N–H and O–H groups in total. The summed E-state index contributed by atoms with van der Waals surface area (Å²) in [5.74, 6) is 0.643. The molecule has 0 amide bonds. The molecule has 0 fully saturated rings. The van der Waals surface area contributed by atoms with Gasteiger partial charge in [0, 0.05) is 6.42 Å². The normalized spacial score (nSPS) is 10.7. The van der Waals surface area contributed by atoms with Crippen LogP contribution in [0.5, 0.6) is 0 Å². The molecular weight excluding hydrogens is 232 g/mol. The van der Waals surface area contributed by atoms with E-state index in [1.54, 1.807) is 11.3 Å². The SMILES string of the molecule is COC(=O)CSc1nnc(CC(C)C)s1. The van der Waals surface area contributed by atoms with Crippen LogP contribution in [0.3, 0.4) is 0 Å². The van der Waals surface area contributed by atoms with Crippen LogP contribution >= 0.6 is 23.1 Å². The van der Waals surface area contributed by atoms with E-state index in [0.717, 1.165) is 15.8 Å². The zero-order valence-electron chi connectivity index (χ0n) is 9.02. The Morgan fingerprint density at radius 2 is 2.27 bits per heavy atom. The molecule has 0 aromatic carbocycles. The number of nitrogens with zero attached hydrogens (tertiary/aromatic N) is 2. The third kappa shape index (κ3) is 4.61. The summed E-state index contributed by atoms with van der Waals surface area (Å²) >= 11 is 2.92. The molecule has 0 radical (unpaired) electrons. The van der Waals surface area contributed by atoms with Crippen LogP contribution in [0.2, 0.25) is 0 Å². The quantitative estimate of drug-likeness (QED) is 0.587. The fraction of sp³-hybridized carbons (Fsp3) is 0.667. The van der Waals surface area contributed by atoms with Crippen LogP contribution in [0, 0.1) is 5.92 Å². The number of ether oxygens (including phenoxy) is 1. The van der Waals surface area contributed by atoms with E-state index in [9.17, 15) is 4.79 Å². The predicted molar refractivity (Wildman–Crippen MR) is 61.2 cm³/mol. The minimum absolute atomic E-state index is 0.236. The highest BCUT2D eigenvalue weighted by Crippen LogP contribution is 2.23. The summed E-state index contributed by atoms with van der Waals surface area (Å²) in [6.07, 6.45) is 0.941. The van der Waals surface area contributed by atoms with Crippen molar-refractivity contribution in [3.63, 3.8) is 0 Å². The van der Waals surface area contributed by atoms with Crippen LogP contribution in [0.1, 0.15) is 18.9 Å². The number of esters is 1. The van der Waals surface area contributed by atoms with Gasteiger partial charge in [0.25, 0.3) is 0 Å². The van der Waals surface area contributed by atoms with Gasteiger partial charge < -0.3 is 4.74 Å². The first-order chi connectivity index (χ1) is 7.11. The van der Waals surface area contributed by atoms with Gasteiger partial charge in [-0.05, 0) is 5.92 Å². The highest BCUT2D eigenvalue weighted by molar-refractivity contribution is 8.01. The molecule has 0 spiro atoms. The van der Waals surface area contributed by atoms with Crippen molar-refractivity contribution in [2.75, 3.05) is 12.9 Å². The summed E-state index contributed by atoms with van der Waals surface area (Å²) in [6.45, 7) is 4.28. The summed E-state index contributed by atoms with van der Waals surface area (Å²) < 4.78 is 5.37. The molecule has 0 saturated carbocycles. The Labute approximate surface area is 97.4 Å². The Kier molecular flexibility index (Phi) is 5.04. The lowest BCUT2D eigenvalue weighted by molar-refractivity contribution is -0.137. The zero-order chi connectivity index (χ0) is 11.3. The van der Waals surface area contributed by atoms with Crippen LogP contribution in [-0.4, -0.2) is 29.0 Å². The molecule has 0 atom stereocenters. The van der Waals surface area contributed by atoms with Gasteiger partial charge in [-0.3, -0.25) is 4.79 Å². The fourth-order valence-electron chi connectivity index (χ4n) is 0.908. The van der Waals surface area contributed by atoms with Gasteiger partial charge in [0.05, 0.1) is 12.9 Å². The van der Waals surface area contributed by atoms with E-state index in [1.807, 2.05) is 0 Å². The first-order valence-corrected chi connectivity index (χ1v) is 6.44. The highest BCUT2D eigenvalue weighted by atomic mass is 32.2. The number of carbonyl (C=O) groups excluding carboxylic acids is 1. The molecule has 84 valence electrons. The largest absolute Gasteiger partial charge is 0.468 e. The second kappa shape index (κ2) is 6.07. The fourth-order valence-corrected chi connectivity index (χ4v) is 2.85. The van der Waals surface area contributed by atoms with Crippen LogP contribution in [0.25, 0.3) is 0 Å². The van der Waals surface area contributed by atoms with Crippen LogP contribution in [0.4, 0.5) is 0 Å². The van der Waals surface area contributed by atoms with Crippen molar-refractivity contribution in [2.45, 2.75) is 24.6 Å². The summed E-state index contributed by atoms with van der Waals surface area (Å²) in [6, 6.07) is 0. The van der Waals surface area contributed by atoms with Crippen molar-refractivity contribution in [3.8, 4) is 0 Å². The first kappa shape index (κ1) is 12.4. The Morgan fingerprint density at radius 3 is 2.87 bits per heavy atom. The monoisotopic (exact) mass is 246 g/mol. The molecule has 1 rings (SSSR count). The van der Waals surface area contributed by atoms with Crippen molar-refractivity contribution in [3.05, 3.63) is 5.01 Å². The first-order valence-electron chi connectivity index (χ1n) is 4.63. The van der Waals surface area contributed by atoms with Gasteiger partial charge in [-0.15, -0.1) is 10.2 Å². The van der Waals surface area contributed by atoms with Gasteiger partial charge in [-0.2, -0.15) is 0 Å². The molecule has 0 aliphatic heterocycles. The van der Waals surface area contributed by atoms with Crippen molar-refractivity contribution in [1.29, 1.82) is 0 Å². The maximum Gasteiger partial charge on any atom is 0.316 e. The van der Waals surface area contributed by atoms with Crippen molar-refractivity contribution in [2.24, 2.45) is 5.92 Å². The van der Waals surface area contributed by atoms with E-state index in [0.29, 0.717) is 11.7 Å². The molecule has 6 heteroatoms. The lowest BCUT2D eigenvalue weighted by Crippen LogP contribution is -2.02. The topological polar surface area (TPSA) is 52.1 Å². The minimum atomic E-state index is -0.236. The molecular formula is C9H14N2O2S2. The number of aromatic nitrogens is 2. The molecule has 0 aliphatic carbocycles. The summed E-state index contributed by atoms with van der Waals surface area (Å²) in [5, 5.41) is 9.08. The molecule has 0 aliphatic rings. The summed E-state index contributed by atoms with van der Waals surface area (Å²) in [5.41, 5.74) is 0. The Bertz CT molecular complexity index is 326. The van der Waals surface area contributed by atoms with Crippen LogP contribution < -0.4 is 0 Å². The second-order valence-electron chi connectivity index (χ2n) is 3.42. The zero-order valence-corrected chi connectivity index (χ0v) is 10.7. The van der Waals surface area contributed by atoms with Crippen LogP contribution in [-0.2, 0) is 16.0 Å². The molecule has 1 aromatic rings. The van der Waals surface area contributed by atoms with Gasteiger partial charge >= 0.3 is 5.97 Å². The number of rotatable bonds is 5. The smallest absolute Gasteiger partial charge is 0.316 e. The van der Waals surface area contributed by atoms with E-state index >= 15 is 0 Å². The Hall–Kier alpha value is -0.620. The van der Waals surface area contributed by atoms with Gasteiger partial charge in [0.1, 0.15) is 5.01 Å².